The first-order valence-corrected chi connectivity index (χ1v) is 5.26. The van der Waals surface area contributed by atoms with Crippen molar-refractivity contribution in [2.45, 2.75) is 26.4 Å². The van der Waals surface area contributed by atoms with Crippen LogP contribution in [-0.2, 0) is 4.74 Å². The van der Waals surface area contributed by atoms with Gasteiger partial charge in [-0.15, -0.1) is 0 Å². The molecule has 2 heterocycles. The quantitative estimate of drug-likeness (QED) is 0.677. The molecule has 0 amide bonds. The molecular weight excluding hydrogens is 204 g/mol. The molecule has 0 atom stereocenters. The lowest BCUT2D eigenvalue weighted by Gasteiger charge is -2.24. The molecule has 3 rings (SSSR count). The van der Waals surface area contributed by atoms with E-state index in [2.05, 4.69) is 0 Å². The lowest BCUT2D eigenvalue weighted by molar-refractivity contribution is 0.101. The summed E-state index contributed by atoms with van der Waals surface area (Å²) >= 11 is 0. The van der Waals surface area contributed by atoms with Gasteiger partial charge in [-0.3, -0.25) is 4.79 Å². The fourth-order valence-electron chi connectivity index (χ4n) is 1.99. The zero-order valence-electron chi connectivity index (χ0n) is 9.46. The molecule has 82 valence electrons. The highest BCUT2D eigenvalue weighted by Crippen LogP contribution is 2.51. The average Bonchev–Trinajstić information content (AvgIpc) is 2.97. The summed E-state index contributed by atoms with van der Waals surface area (Å²) in [4.78, 5) is 11.3. The molecule has 1 aromatic rings. The number of carbonyl (C=O) groups excluding carboxylic acids is 1. The van der Waals surface area contributed by atoms with Gasteiger partial charge in [0.2, 0.25) is 0 Å². The van der Waals surface area contributed by atoms with Gasteiger partial charge in [-0.2, -0.15) is 0 Å². The highest BCUT2D eigenvalue weighted by atomic mass is 16.6. The zero-order valence-corrected chi connectivity index (χ0v) is 9.46. The van der Waals surface area contributed by atoms with Crippen LogP contribution in [0.4, 0.5) is 0 Å². The van der Waals surface area contributed by atoms with Crippen molar-refractivity contribution < 1.29 is 14.3 Å². The molecule has 1 aromatic carbocycles. The van der Waals surface area contributed by atoms with Crippen molar-refractivity contribution in [1.82, 2.24) is 0 Å². The van der Waals surface area contributed by atoms with Gasteiger partial charge in [-0.25, -0.2) is 0 Å². The zero-order chi connectivity index (χ0) is 11.5. The Bertz CT molecular complexity index is 538. The standard InChI is InChI=1S/C13H12O3/c1-7(14)8-4-5-10-9(6-8)11-12(15-11)13(2,3)16-10/h4-6H,1-3H3. The van der Waals surface area contributed by atoms with E-state index >= 15 is 0 Å². The smallest absolute Gasteiger partial charge is 0.190 e. The number of rotatable bonds is 1. The van der Waals surface area contributed by atoms with Gasteiger partial charge in [-0.1, -0.05) is 0 Å². The summed E-state index contributed by atoms with van der Waals surface area (Å²) in [5.74, 6) is 2.58. The van der Waals surface area contributed by atoms with Crippen molar-refractivity contribution in [3.8, 4) is 5.75 Å². The van der Waals surface area contributed by atoms with Gasteiger partial charge in [-0.05, 0) is 39.0 Å². The third kappa shape index (κ3) is 1.18. The third-order valence-electron chi connectivity index (χ3n) is 2.91. The summed E-state index contributed by atoms with van der Waals surface area (Å²) in [5, 5.41) is 0. The van der Waals surface area contributed by atoms with Gasteiger partial charge in [0.1, 0.15) is 5.75 Å². The number of hydrogen-bond donors (Lipinski definition) is 0. The predicted molar refractivity (Wildman–Crippen MR) is 59.2 cm³/mol. The summed E-state index contributed by atoms with van der Waals surface area (Å²) in [5.41, 5.74) is 1.19. The van der Waals surface area contributed by atoms with Crippen LogP contribution >= 0.6 is 0 Å². The number of carbonyl (C=O) groups is 1. The van der Waals surface area contributed by atoms with Crippen LogP contribution in [0.2, 0.25) is 0 Å². The lowest BCUT2D eigenvalue weighted by Crippen LogP contribution is -2.29. The normalized spacial score (nSPS) is 19.2. The van der Waals surface area contributed by atoms with E-state index in [-0.39, 0.29) is 11.4 Å². The van der Waals surface area contributed by atoms with Crippen molar-refractivity contribution >= 4 is 11.5 Å². The fraction of sp³-hybridized carbons (Fsp3) is 0.308. The fourth-order valence-corrected chi connectivity index (χ4v) is 1.99. The van der Waals surface area contributed by atoms with E-state index in [0.29, 0.717) is 5.56 Å². The van der Waals surface area contributed by atoms with Gasteiger partial charge in [0.05, 0.1) is 5.56 Å². The summed E-state index contributed by atoms with van der Waals surface area (Å²) in [7, 11) is 0. The van der Waals surface area contributed by atoms with Gasteiger partial charge in [0.25, 0.3) is 0 Å². The molecule has 0 fully saturated rings. The minimum absolute atomic E-state index is 0.0513. The highest BCUT2D eigenvalue weighted by Gasteiger charge is 2.47. The minimum Gasteiger partial charge on any atom is -0.479 e. The van der Waals surface area contributed by atoms with Gasteiger partial charge >= 0.3 is 0 Å². The second kappa shape index (κ2) is 2.67. The Balaban J connectivity index is 2.14. The van der Waals surface area contributed by atoms with E-state index in [4.69, 9.17) is 9.47 Å². The topological polar surface area (TPSA) is 38.8 Å². The molecule has 0 unspecified atom stereocenters. The molecular formula is C13H12O3. The molecule has 16 heavy (non-hydrogen) atoms. The molecule has 0 saturated heterocycles. The van der Waals surface area contributed by atoms with Crippen molar-refractivity contribution in [2.24, 2.45) is 0 Å². The maximum absolute atomic E-state index is 11.3. The Hall–Kier alpha value is -1.77. The highest BCUT2D eigenvalue weighted by molar-refractivity contribution is 5.96. The van der Waals surface area contributed by atoms with Crippen LogP contribution in [0.5, 0.6) is 5.75 Å². The van der Waals surface area contributed by atoms with Crippen LogP contribution in [0.25, 0.3) is 5.76 Å². The van der Waals surface area contributed by atoms with E-state index in [1.165, 1.54) is 0 Å². The first-order chi connectivity index (χ1) is 7.49. The SMILES string of the molecule is CC(=O)c1ccc2c(c1)C1=C(O1)C(C)(C)O2. The summed E-state index contributed by atoms with van der Waals surface area (Å²) in [6.07, 6.45) is 0. The van der Waals surface area contributed by atoms with E-state index < -0.39 is 0 Å². The molecule has 0 radical (unpaired) electrons. The predicted octanol–water partition coefficient (Wildman–Crippen LogP) is 2.76. The molecule has 2 aliphatic heterocycles. The molecule has 3 nitrogen and oxygen atoms in total. The maximum Gasteiger partial charge on any atom is 0.190 e. The molecule has 0 saturated carbocycles. The molecule has 0 spiro atoms. The van der Waals surface area contributed by atoms with Crippen LogP contribution in [-0.4, -0.2) is 11.4 Å². The van der Waals surface area contributed by atoms with E-state index in [9.17, 15) is 4.79 Å². The number of ketones is 1. The second-order valence-corrected chi connectivity index (χ2v) is 4.64. The monoisotopic (exact) mass is 216 g/mol. The van der Waals surface area contributed by atoms with Crippen molar-refractivity contribution in [3.05, 3.63) is 35.1 Å². The van der Waals surface area contributed by atoms with E-state index in [1.54, 1.807) is 13.0 Å². The van der Waals surface area contributed by atoms with Crippen LogP contribution < -0.4 is 4.74 Å². The number of Topliss-reactive ketones (excluding diaryl/α,β-unsaturated/α-hetero) is 1. The Kier molecular flexibility index (Phi) is 1.58. The summed E-state index contributed by atoms with van der Waals surface area (Å²) in [6, 6.07) is 5.44. The average molecular weight is 216 g/mol. The van der Waals surface area contributed by atoms with Gasteiger partial charge in [0, 0.05) is 5.56 Å². The summed E-state index contributed by atoms with van der Waals surface area (Å²) < 4.78 is 11.3. The Morgan fingerprint density at radius 1 is 1.31 bits per heavy atom. The molecule has 3 heteroatoms. The van der Waals surface area contributed by atoms with Gasteiger partial charge in [0.15, 0.2) is 22.9 Å². The molecule has 0 bridgehead atoms. The van der Waals surface area contributed by atoms with E-state index in [0.717, 1.165) is 22.8 Å². The molecule has 2 aliphatic rings. The van der Waals surface area contributed by atoms with Crippen molar-refractivity contribution in [3.63, 3.8) is 0 Å². The van der Waals surface area contributed by atoms with Crippen molar-refractivity contribution in [1.29, 1.82) is 0 Å². The summed E-state index contributed by atoms with van der Waals surface area (Å²) in [6.45, 7) is 5.49. The van der Waals surface area contributed by atoms with Crippen LogP contribution in [0.15, 0.2) is 24.0 Å². The van der Waals surface area contributed by atoms with E-state index in [1.807, 2.05) is 26.0 Å². The molecule has 0 N–H and O–H groups in total. The largest absolute Gasteiger partial charge is 0.479 e. The van der Waals surface area contributed by atoms with Gasteiger partial charge < -0.3 is 9.47 Å². The van der Waals surface area contributed by atoms with Crippen LogP contribution in [0.1, 0.15) is 36.7 Å². The Morgan fingerprint density at radius 3 is 2.75 bits per heavy atom. The Labute approximate surface area is 93.7 Å². The minimum atomic E-state index is -0.389. The van der Waals surface area contributed by atoms with Crippen LogP contribution in [0.3, 0.4) is 0 Å². The maximum atomic E-state index is 11.3. The number of benzene rings is 1. The lowest BCUT2D eigenvalue weighted by atomic mass is 10.00. The third-order valence-corrected chi connectivity index (χ3v) is 2.91. The first-order valence-electron chi connectivity index (χ1n) is 5.26. The first kappa shape index (κ1) is 9.46. The number of hydrogen-bond acceptors (Lipinski definition) is 3. The molecule has 0 aliphatic carbocycles. The Morgan fingerprint density at radius 2 is 2.06 bits per heavy atom. The molecule has 0 aromatic heterocycles. The number of fused-ring (bicyclic) bond motifs is 2. The number of ether oxygens (including phenoxy) is 2. The van der Waals surface area contributed by atoms with Crippen molar-refractivity contribution in [2.75, 3.05) is 0 Å². The second-order valence-electron chi connectivity index (χ2n) is 4.64. The van der Waals surface area contributed by atoms with Crippen LogP contribution in [0, 0.1) is 0 Å².